The van der Waals surface area contributed by atoms with E-state index in [2.05, 4.69) is 0 Å². The van der Waals surface area contributed by atoms with Gasteiger partial charge in [0.2, 0.25) is 0 Å². The number of halogens is 2. The van der Waals surface area contributed by atoms with Crippen molar-refractivity contribution in [2.75, 3.05) is 0 Å². The molecule has 2 heterocycles. The molecule has 1 fully saturated rings. The first-order valence-corrected chi connectivity index (χ1v) is 13.6. The molecule has 1 aromatic heterocycles. The molecule has 0 saturated carbocycles. The number of aliphatic imine (C=N–C) groups is 1. The molecule has 1 amide bonds. The van der Waals surface area contributed by atoms with Crippen LogP contribution in [0.5, 0.6) is 0 Å². The third-order valence-corrected chi connectivity index (χ3v) is 7.85. The highest BCUT2D eigenvalue weighted by molar-refractivity contribution is 8.18. The molecule has 196 valence electrons. The standard InChI is InChI=1S/C30H23Cl2N3O3S/c1-18-14-22(19(2)35(18)26-13-12-23(31)16-25(26)32)15-27-28(36)34(17-20-8-10-21(11-9-20)29(37)38)30(39-27)33-24-6-4-3-5-7-24/h3-16H,17H2,1-2H3,(H,37,38)/p-1/b27-15-,33-30?. The predicted molar refractivity (Wildman–Crippen MR) is 156 cm³/mol. The summed E-state index contributed by atoms with van der Waals surface area (Å²) in [5.74, 6) is -1.43. The van der Waals surface area contributed by atoms with E-state index in [4.69, 9.17) is 28.2 Å². The number of rotatable bonds is 6. The number of aromatic carboxylic acids is 1. The lowest BCUT2D eigenvalue weighted by atomic mass is 10.1. The molecule has 5 rings (SSSR count). The lowest BCUT2D eigenvalue weighted by Gasteiger charge is -2.16. The molecule has 39 heavy (non-hydrogen) atoms. The fourth-order valence-corrected chi connectivity index (χ4v) is 5.86. The Hall–Kier alpha value is -3.78. The third-order valence-electron chi connectivity index (χ3n) is 6.31. The van der Waals surface area contributed by atoms with Crippen LogP contribution in [-0.2, 0) is 11.3 Å². The Kier molecular flexibility index (Phi) is 7.66. The summed E-state index contributed by atoms with van der Waals surface area (Å²) in [6, 6.07) is 23.1. The number of carboxylic acid groups (broad SMARTS) is 1. The molecular formula is C30H22Cl2N3O3S-. The van der Waals surface area contributed by atoms with Gasteiger partial charge >= 0.3 is 0 Å². The van der Waals surface area contributed by atoms with Crippen LogP contribution >= 0.6 is 35.0 Å². The Morgan fingerprint density at radius 1 is 1.00 bits per heavy atom. The first-order chi connectivity index (χ1) is 18.7. The number of benzene rings is 3. The summed E-state index contributed by atoms with van der Waals surface area (Å²) in [7, 11) is 0. The molecule has 1 aliphatic heterocycles. The summed E-state index contributed by atoms with van der Waals surface area (Å²) < 4.78 is 2.03. The minimum Gasteiger partial charge on any atom is -0.545 e. The number of hydrogen-bond donors (Lipinski definition) is 0. The van der Waals surface area contributed by atoms with Crippen LogP contribution in [-0.4, -0.2) is 26.5 Å². The fourth-order valence-electron chi connectivity index (χ4n) is 4.38. The van der Waals surface area contributed by atoms with E-state index in [1.165, 1.54) is 23.9 Å². The van der Waals surface area contributed by atoms with Crippen LogP contribution in [0.25, 0.3) is 11.8 Å². The number of amidine groups is 1. The van der Waals surface area contributed by atoms with Crippen LogP contribution in [0.15, 0.2) is 88.8 Å². The molecule has 0 atom stereocenters. The monoisotopic (exact) mass is 574 g/mol. The van der Waals surface area contributed by atoms with E-state index in [1.54, 1.807) is 29.2 Å². The number of carbonyl (C=O) groups is 2. The van der Waals surface area contributed by atoms with Crippen molar-refractivity contribution >= 4 is 63.8 Å². The number of thioether (sulfide) groups is 1. The van der Waals surface area contributed by atoms with E-state index in [-0.39, 0.29) is 18.0 Å². The van der Waals surface area contributed by atoms with Crippen molar-refractivity contribution in [3.63, 3.8) is 0 Å². The summed E-state index contributed by atoms with van der Waals surface area (Å²) in [4.78, 5) is 31.7. The van der Waals surface area contributed by atoms with E-state index in [9.17, 15) is 14.7 Å². The maximum atomic E-state index is 13.7. The second-order valence-corrected chi connectivity index (χ2v) is 10.8. The van der Waals surface area contributed by atoms with E-state index < -0.39 is 5.97 Å². The molecule has 0 unspecified atom stereocenters. The quantitative estimate of drug-likeness (QED) is 0.244. The van der Waals surface area contributed by atoms with E-state index in [0.717, 1.165) is 33.9 Å². The van der Waals surface area contributed by atoms with Gasteiger partial charge in [-0.25, -0.2) is 4.99 Å². The van der Waals surface area contributed by atoms with Crippen molar-refractivity contribution in [3.8, 4) is 5.69 Å². The number of carbonyl (C=O) groups excluding carboxylic acids is 2. The van der Waals surface area contributed by atoms with Crippen molar-refractivity contribution in [2.24, 2.45) is 4.99 Å². The van der Waals surface area contributed by atoms with Crippen LogP contribution < -0.4 is 5.11 Å². The molecule has 6 nitrogen and oxygen atoms in total. The Labute approximate surface area is 240 Å². The zero-order chi connectivity index (χ0) is 27.7. The van der Waals surface area contributed by atoms with Gasteiger partial charge in [-0.2, -0.15) is 0 Å². The lowest BCUT2D eigenvalue weighted by molar-refractivity contribution is -0.255. The zero-order valence-corrected chi connectivity index (χ0v) is 23.3. The maximum absolute atomic E-state index is 13.7. The van der Waals surface area contributed by atoms with Gasteiger partial charge < -0.3 is 14.5 Å². The lowest BCUT2D eigenvalue weighted by Crippen LogP contribution is -2.28. The average molecular weight is 575 g/mol. The average Bonchev–Trinajstić information content (AvgIpc) is 3.34. The van der Waals surface area contributed by atoms with Gasteiger partial charge in [0.15, 0.2) is 5.17 Å². The van der Waals surface area contributed by atoms with Crippen molar-refractivity contribution in [2.45, 2.75) is 20.4 Å². The van der Waals surface area contributed by atoms with Gasteiger partial charge in [0.25, 0.3) is 5.91 Å². The molecule has 0 radical (unpaired) electrons. The zero-order valence-electron chi connectivity index (χ0n) is 21.0. The summed E-state index contributed by atoms with van der Waals surface area (Å²) in [6.07, 6.45) is 1.87. The predicted octanol–water partition coefficient (Wildman–Crippen LogP) is 6.57. The van der Waals surface area contributed by atoms with E-state index in [0.29, 0.717) is 20.1 Å². The minimum atomic E-state index is -1.25. The Morgan fingerprint density at radius 2 is 1.72 bits per heavy atom. The fraction of sp³-hybridized carbons (Fsp3) is 0.100. The molecule has 3 aromatic carbocycles. The van der Waals surface area contributed by atoms with Crippen LogP contribution in [0.4, 0.5) is 5.69 Å². The van der Waals surface area contributed by atoms with Gasteiger partial charge in [0, 0.05) is 16.4 Å². The molecule has 4 aromatic rings. The summed E-state index contributed by atoms with van der Waals surface area (Å²) >= 11 is 13.9. The van der Waals surface area contributed by atoms with Gasteiger partial charge in [-0.05, 0) is 84.8 Å². The number of aryl methyl sites for hydroxylation is 1. The highest BCUT2D eigenvalue weighted by Crippen LogP contribution is 2.37. The number of aromatic nitrogens is 1. The molecule has 0 N–H and O–H groups in total. The number of nitrogens with zero attached hydrogens (tertiary/aromatic N) is 3. The van der Waals surface area contributed by atoms with Gasteiger partial charge in [-0.3, -0.25) is 9.69 Å². The maximum Gasteiger partial charge on any atom is 0.267 e. The van der Waals surface area contributed by atoms with Crippen LogP contribution in [0, 0.1) is 13.8 Å². The topological polar surface area (TPSA) is 77.7 Å². The second kappa shape index (κ2) is 11.1. The van der Waals surface area contributed by atoms with E-state index in [1.807, 2.05) is 67.0 Å². The Morgan fingerprint density at radius 3 is 2.38 bits per heavy atom. The SMILES string of the molecule is Cc1cc(/C=C2\SC(=Nc3ccccc3)N(Cc3ccc(C(=O)[O-])cc3)C2=O)c(C)n1-c1ccc(Cl)cc1Cl. The van der Waals surface area contributed by atoms with Gasteiger partial charge in [0.1, 0.15) is 0 Å². The normalized spacial score (nSPS) is 15.5. The van der Waals surface area contributed by atoms with Crippen LogP contribution in [0.1, 0.15) is 32.9 Å². The molecular weight excluding hydrogens is 553 g/mol. The smallest absolute Gasteiger partial charge is 0.267 e. The molecule has 0 bridgehead atoms. The first-order valence-electron chi connectivity index (χ1n) is 12.0. The largest absolute Gasteiger partial charge is 0.545 e. The summed E-state index contributed by atoms with van der Waals surface area (Å²) in [5.41, 5.74) is 5.15. The van der Waals surface area contributed by atoms with Crippen LogP contribution in [0.2, 0.25) is 10.0 Å². The van der Waals surface area contributed by atoms with Crippen molar-refractivity contribution in [1.82, 2.24) is 9.47 Å². The minimum absolute atomic E-state index is 0.0794. The number of hydrogen-bond acceptors (Lipinski definition) is 5. The van der Waals surface area contributed by atoms with Gasteiger partial charge in [0.05, 0.1) is 33.8 Å². The number of amides is 1. The molecule has 0 spiro atoms. The second-order valence-electron chi connectivity index (χ2n) is 8.97. The number of carboxylic acids is 1. The van der Waals surface area contributed by atoms with Crippen molar-refractivity contribution < 1.29 is 14.7 Å². The molecule has 0 aliphatic carbocycles. The third kappa shape index (κ3) is 5.66. The molecule has 9 heteroatoms. The van der Waals surface area contributed by atoms with Crippen LogP contribution in [0.3, 0.4) is 0 Å². The Balaban J connectivity index is 1.52. The highest BCUT2D eigenvalue weighted by Gasteiger charge is 2.34. The van der Waals surface area contributed by atoms with Gasteiger partial charge in [-0.1, -0.05) is 65.7 Å². The van der Waals surface area contributed by atoms with Gasteiger partial charge in [-0.15, -0.1) is 0 Å². The first kappa shape index (κ1) is 26.8. The molecule has 1 saturated heterocycles. The highest BCUT2D eigenvalue weighted by atomic mass is 35.5. The summed E-state index contributed by atoms with van der Waals surface area (Å²) in [6.45, 7) is 4.19. The number of para-hydroxylation sites is 1. The Bertz CT molecular complexity index is 1640. The molecule has 1 aliphatic rings. The summed E-state index contributed by atoms with van der Waals surface area (Å²) in [5, 5.41) is 12.8. The van der Waals surface area contributed by atoms with E-state index >= 15 is 0 Å². The van der Waals surface area contributed by atoms with Crippen molar-refractivity contribution in [1.29, 1.82) is 0 Å². The van der Waals surface area contributed by atoms with Crippen molar-refractivity contribution in [3.05, 3.63) is 122 Å².